The lowest BCUT2D eigenvalue weighted by atomic mass is 10.1. The first-order chi connectivity index (χ1) is 13.8. The number of methoxy groups -OCH3 is 1. The number of hydrogen-bond donors (Lipinski definition) is 0. The van der Waals surface area contributed by atoms with Gasteiger partial charge in [-0.05, 0) is 36.4 Å². The predicted molar refractivity (Wildman–Crippen MR) is 112 cm³/mol. The fourth-order valence-electron chi connectivity index (χ4n) is 3.01. The van der Waals surface area contributed by atoms with E-state index < -0.39 is 0 Å². The van der Waals surface area contributed by atoms with Crippen molar-refractivity contribution in [3.63, 3.8) is 0 Å². The Morgan fingerprint density at radius 3 is 2.71 bits per heavy atom. The molecule has 4 aromatic rings. The molecular formula is C22H20N4OS. The van der Waals surface area contributed by atoms with Crippen molar-refractivity contribution < 1.29 is 4.74 Å². The molecule has 0 saturated carbocycles. The van der Waals surface area contributed by atoms with Crippen LogP contribution in [0.25, 0.3) is 11.3 Å². The summed E-state index contributed by atoms with van der Waals surface area (Å²) in [6.45, 7) is 0.771. The summed E-state index contributed by atoms with van der Waals surface area (Å²) in [5.74, 6) is 0.847. The van der Waals surface area contributed by atoms with Gasteiger partial charge >= 0.3 is 0 Å². The van der Waals surface area contributed by atoms with E-state index in [1.807, 2.05) is 54.7 Å². The van der Waals surface area contributed by atoms with Crippen LogP contribution >= 0.6 is 11.3 Å². The molecule has 3 aromatic heterocycles. The number of benzene rings is 1. The van der Waals surface area contributed by atoms with Crippen molar-refractivity contribution in [1.82, 2.24) is 14.5 Å². The zero-order valence-electron chi connectivity index (χ0n) is 15.5. The first-order valence-electron chi connectivity index (χ1n) is 9.01. The summed E-state index contributed by atoms with van der Waals surface area (Å²) < 4.78 is 7.81. The van der Waals surface area contributed by atoms with E-state index in [2.05, 4.69) is 26.0 Å². The average Bonchev–Trinajstić information content (AvgIpc) is 3.15. The van der Waals surface area contributed by atoms with E-state index in [1.54, 1.807) is 30.8 Å². The number of aryl methyl sites for hydroxylation is 1. The highest BCUT2D eigenvalue weighted by atomic mass is 32.1. The van der Waals surface area contributed by atoms with Gasteiger partial charge in [-0.25, -0.2) is 4.99 Å². The Morgan fingerprint density at radius 1 is 1.04 bits per heavy atom. The molecule has 0 amide bonds. The quantitative estimate of drug-likeness (QED) is 0.489. The van der Waals surface area contributed by atoms with Gasteiger partial charge in [-0.3, -0.25) is 9.97 Å². The second-order valence-corrected chi connectivity index (χ2v) is 6.99. The molecule has 0 N–H and O–H groups in total. The summed E-state index contributed by atoms with van der Waals surface area (Å²) in [4.78, 5) is 14.4. The molecule has 0 aliphatic heterocycles. The summed E-state index contributed by atoms with van der Waals surface area (Å²) >= 11 is 1.61. The number of para-hydroxylation sites is 1. The number of nitrogens with zero attached hydrogens (tertiary/aromatic N) is 4. The minimum atomic E-state index is 0.771. The summed E-state index contributed by atoms with van der Waals surface area (Å²) in [5, 5.41) is 2.13. The third kappa shape index (κ3) is 4.02. The van der Waals surface area contributed by atoms with Crippen LogP contribution in [-0.2, 0) is 13.0 Å². The summed E-state index contributed by atoms with van der Waals surface area (Å²) in [7, 11) is 1.70. The van der Waals surface area contributed by atoms with Crippen LogP contribution in [0.15, 0.2) is 83.6 Å². The summed E-state index contributed by atoms with van der Waals surface area (Å²) in [6.07, 6.45) is 6.17. The van der Waals surface area contributed by atoms with Gasteiger partial charge in [0, 0.05) is 42.0 Å². The van der Waals surface area contributed by atoms with Gasteiger partial charge in [-0.2, -0.15) is 0 Å². The molecule has 6 heteroatoms. The maximum Gasteiger partial charge on any atom is 0.190 e. The SMILES string of the molecule is COc1ccccc1-c1csc(=Nc2cccnc2)n1CCc1ccccn1. The summed E-state index contributed by atoms with van der Waals surface area (Å²) in [6, 6.07) is 17.9. The van der Waals surface area contributed by atoms with E-state index in [4.69, 9.17) is 9.73 Å². The smallest absolute Gasteiger partial charge is 0.190 e. The van der Waals surface area contributed by atoms with Gasteiger partial charge in [0.1, 0.15) is 5.75 Å². The molecule has 0 spiro atoms. The molecule has 0 unspecified atom stereocenters. The molecule has 0 saturated heterocycles. The molecule has 4 rings (SSSR count). The molecule has 0 fully saturated rings. The van der Waals surface area contributed by atoms with Crippen LogP contribution in [0.3, 0.4) is 0 Å². The normalized spacial score (nSPS) is 11.5. The van der Waals surface area contributed by atoms with Crippen LogP contribution in [0.2, 0.25) is 0 Å². The van der Waals surface area contributed by atoms with E-state index >= 15 is 0 Å². The van der Waals surface area contributed by atoms with E-state index in [0.717, 1.165) is 46.2 Å². The van der Waals surface area contributed by atoms with Gasteiger partial charge in [-0.1, -0.05) is 18.2 Å². The van der Waals surface area contributed by atoms with Crippen molar-refractivity contribution in [2.45, 2.75) is 13.0 Å². The number of thiazole rings is 1. The molecule has 140 valence electrons. The van der Waals surface area contributed by atoms with E-state index in [9.17, 15) is 0 Å². The topological polar surface area (TPSA) is 52.3 Å². The number of aromatic nitrogens is 3. The Labute approximate surface area is 167 Å². The molecule has 0 radical (unpaired) electrons. The van der Waals surface area contributed by atoms with Gasteiger partial charge in [0.15, 0.2) is 4.80 Å². The monoisotopic (exact) mass is 388 g/mol. The van der Waals surface area contributed by atoms with Crippen LogP contribution < -0.4 is 9.54 Å². The van der Waals surface area contributed by atoms with Gasteiger partial charge in [-0.15, -0.1) is 11.3 Å². The Hall–Kier alpha value is -3.25. The molecule has 1 aromatic carbocycles. The largest absolute Gasteiger partial charge is 0.496 e. The number of ether oxygens (including phenoxy) is 1. The van der Waals surface area contributed by atoms with Crippen molar-refractivity contribution in [1.29, 1.82) is 0 Å². The maximum atomic E-state index is 5.58. The first-order valence-corrected chi connectivity index (χ1v) is 9.89. The van der Waals surface area contributed by atoms with E-state index in [0.29, 0.717) is 0 Å². The number of pyridine rings is 2. The lowest BCUT2D eigenvalue weighted by molar-refractivity contribution is 0.416. The highest BCUT2D eigenvalue weighted by Gasteiger charge is 2.12. The van der Waals surface area contributed by atoms with Crippen LogP contribution in [0.4, 0.5) is 5.69 Å². The molecule has 5 nitrogen and oxygen atoms in total. The van der Waals surface area contributed by atoms with Gasteiger partial charge in [0.2, 0.25) is 0 Å². The van der Waals surface area contributed by atoms with E-state index in [-0.39, 0.29) is 0 Å². The average molecular weight is 388 g/mol. The third-order valence-electron chi connectivity index (χ3n) is 4.37. The second-order valence-electron chi connectivity index (χ2n) is 6.15. The molecule has 3 heterocycles. The molecular weight excluding hydrogens is 368 g/mol. The van der Waals surface area contributed by atoms with Crippen molar-refractivity contribution in [2.75, 3.05) is 7.11 Å². The Kier molecular flexibility index (Phi) is 5.58. The van der Waals surface area contributed by atoms with Crippen LogP contribution in [-0.4, -0.2) is 21.6 Å². The van der Waals surface area contributed by atoms with Gasteiger partial charge < -0.3 is 9.30 Å². The van der Waals surface area contributed by atoms with Crippen LogP contribution in [0, 0.1) is 0 Å². The second kappa shape index (κ2) is 8.63. The lowest BCUT2D eigenvalue weighted by Gasteiger charge is -2.12. The Morgan fingerprint density at radius 2 is 1.93 bits per heavy atom. The van der Waals surface area contributed by atoms with Gasteiger partial charge in [0.05, 0.1) is 24.7 Å². The predicted octanol–water partition coefficient (Wildman–Crippen LogP) is 4.49. The fraction of sp³-hybridized carbons (Fsp3) is 0.136. The standard InChI is InChI=1S/C22H20N4OS/c1-27-21-10-3-2-9-19(21)20-16-28-22(25-18-8-6-12-23-15-18)26(20)14-11-17-7-4-5-13-24-17/h2-10,12-13,15-16H,11,14H2,1H3. The zero-order valence-corrected chi connectivity index (χ0v) is 16.3. The molecule has 0 aliphatic rings. The summed E-state index contributed by atoms with van der Waals surface area (Å²) in [5.41, 5.74) is 4.03. The molecule has 0 aliphatic carbocycles. The number of rotatable bonds is 6. The van der Waals surface area contributed by atoms with Crippen molar-refractivity contribution >= 4 is 17.0 Å². The highest BCUT2D eigenvalue weighted by molar-refractivity contribution is 7.07. The molecule has 28 heavy (non-hydrogen) atoms. The van der Waals surface area contributed by atoms with E-state index in [1.165, 1.54) is 0 Å². The minimum absolute atomic E-state index is 0.771. The van der Waals surface area contributed by atoms with Crippen molar-refractivity contribution in [3.05, 3.63) is 89.1 Å². The fourth-order valence-corrected chi connectivity index (χ4v) is 3.96. The van der Waals surface area contributed by atoms with Crippen LogP contribution in [0.5, 0.6) is 5.75 Å². The molecule has 0 atom stereocenters. The highest BCUT2D eigenvalue weighted by Crippen LogP contribution is 2.30. The van der Waals surface area contributed by atoms with Crippen molar-refractivity contribution in [3.8, 4) is 17.0 Å². The lowest BCUT2D eigenvalue weighted by Crippen LogP contribution is -2.17. The maximum absolute atomic E-state index is 5.58. The first kappa shape index (κ1) is 18.1. The Balaban J connectivity index is 1.79. The third-order valence-corrected chi connectivity index (χ3v) is 5.23. The molecule has 0 bridgehead atoms. The zero-order chi connectivity index (χ0) is 19.2. The Bertz CT molecular complexity index is 1100. The minimum Gasteiger partial charge on any atom is -0.496 e. The van der Waals surface area contributed by atoms with Gasteiger partial charge in [0.25, 0.3) is 0 Å². The van der Waals surface area contributed by atoms with Crippen LogP contribution in [0.1, 0.15) is 5.69 Å². The van der Waals surface area contributed by atoms with Crippen molar-refractivity contribution in [2.24, 2.45) is 4.99 Å². The number of hydrogen-bond acceptors (Lipinski definition) is 5.